The second-order valence-corrected chi connectivity index (χ2v) is 14.2. The number of benzene rings is 2. The first-order valence-corrected chi connectivity index (χ1v) is 18.1. The van der Waals surface area contributed by atoms with Crippen LogP contribution in [0.2, 0.25) is 0 Å². The Morgan fingerprint density at radius 1 is 0.517 bits per heavy atom. The first-order chi connectivity index (χ1) is 27.5. The van der Waals surface area contributed by atoms with Crippen LogP contribution in [-0.4, -0.2) is 191 Å². The average molecular weight is 829 g/mol. The summed E-state index contributed by atoms with van der Waals surface area (Å²) in [5, 5.41) is 95.1. The molecule has 2 aromatic carbocycles. The van der Waals surface area contributed by atoms with Gasteiger partial charge in [0, 0.05) is 16.7 Å². The maximum atomic E-state index is 14.4. The first-order valence-electron chi connectivity index (χ1n) is 18.1. The van der Waals surface area contributed by atoms with Gasteiger partial charge in [0.25, 0.3) is 0 Å². The summed E-state index contributed by atoms with van der Waals surface area (Å²) in [4.78, 5) is 28.4. The van der Waals surface area contributed by atoms with Crippen molar-refractivity contribution >= 4 is 11.6 Å². The number of methoxy groups -OCH3 is 4. The standard InChI is InChI=1S/C37H48O21/c1-11-15(49-3)7-13-19(25(42)20-14(22(13)39)8-16(50-4)33(51-5)34(20)52-6)32(11)58-37-31(48)28(45)24(41)18(57-37)10-54-36-30(47)27(44)23(40)17(56-36)9-53-35-29(46)26(43)21(38)12(2)55-35/h7-8,12,17-18,21,23-24,26-31,35-38,40-41,43-48H,9-10H2,1-6H3. The Bertz CT molecular complexity index is 1840. The summed E-state index contributed by atoms with van der Waals surface area (Å²) >= 11 is 0. The van der Waals surface area contributed by atoms with Crippen molar-refractivity contribution in [3.63, 3.8) is 0 Å². The normalized spacial score (nSPS) is 36.2. The fourth-order valence-corrected chi connectivity index (χ4v) is 7.32. The highest BCUT2D eigenvalue weighted by atomic mass is 16.7. The summed E-state index contributed by atoms with van der Waals surface area (Å²) in [7, 11) is 5.25. The Morgan fingerprint density at radius 3 is 1.48 bits per heavy atom. The largest absolute Gasteiger partial charge is 0.496 e. The van der Waals surface area contributed by atoms with E-state index in [-0.39, 0.29) is 56.6 Å². The van der Waals surface area contributed by atoms with E-state index in [4.69, 9.17) is 47.4 Å². The van der Waals surface area contributed by atoms with Crippen molar-refractivity contribution in [1.82, 2.24) is 0 Å². The van der Waals surface area contributed by atoms with Crippen LogP contribution in [0, 0.1) is 6.92 Å². The van der Waals surface area contributed by atoms with E-state index >= 15 is 0 Å². The Kier molecular flexibility index (Phi) is 13.2. The summed E-state index contributed by atoms with van der Waals surface area (Å²) in [5.41, 5.74) is -0.475. The molecule has 21 heteroatoms. The van der Waals surface area contributed by atoms with Crippen molar-refractivity contribution in [3.8, 4) is 28.7 Å². The molecule has 3 aliphatic heterocycles. The van der Waals surface area contributed by atoms with Gasteiger partial charge in [-0.3, -0.25) is 9.59 Å². The molecule has 9 N–H and O–H groups in total. The summed E-state index contributed by atoms with van der Waals surface area (Å²) in [6.07, 6.45) is -24.9. The van der Waals surface area contributed by atoms with Crippen molar-refractivity contribution in [2.45, 2.75) is 106 Å². The maximum absolute atomic E-state index is 14.4. The lowest BCUT2D eigenvalue weighted by Gasteiger charge is -2.43. The molecule has 2 aromatic rings. The Morgan fingerprint density at radius 2 is 0.966 bits per heavy atom. The molecular formula is C37H48O21. The molecular weight excluding hydrogens is 780 g/mol. The number of carbonyl (C=O) groups is 2. The molecule has 0 amide bonds. The predicted molar refractivity (Wildman–Crippen MR) is 189 cm³/mol. The van der Waals surface area contributed by atoms with Crippen molar-refractivity contribution in [2.75, 3.05) is 41.7 Å². The highest BCUT2D eigenvalue weighted by Crippen LogP contribution is 2.48. The number of fused-ring (bicyclic) bond motifs is 2. The zero-order valence-corrected chi connectivity index (χ0v) is 32.2. The van der Waals surface area contributed by atoms with E-state index < -0.39 is 117 Å². The third-order valence-corrected chi connectivity index (χ3v) is 10.7. The Hall–Kier alpha value is -3.78. The van der Waals surface area contributed by atoms with Crippen LogP contribution >= 0.6 is 0 Å². The van der Waals surface area contributed by atoms with Crippen LogP contribution in [0.4, 0.5) is 0 Å². The van der Waals surface area contributed by atoms with Gasteiger partial charge < -0.3 is 93.3 Å². The number of aliphatic hydroxyl groups excluding tert-OH is 9. The average Bonchev–Trinajstić information content (AvgIpc) is 3.22. The van der Waals surface area contributed by atoms with E-state index in [0.717, 1.165) is 0 Å². The zero-order valence-electron chi connectivity index (χ0n) is 32.2. The molecule has 3 saturated heterocycles. The second kappa shape index (κ2) is 17.4. The lowest BCUT2D eigenvalue weighted by Crippen LogP contribution is -2.62. The first kappa shape index (κ1) is 43.8. The summed E-state index contributed by atoms with van der Waals surface area (Å²) in [6, 6.07) is 2.67. The molecule has 3 fully saturated rings. The third kappa shape index (κ3) is 7.60. The number of ketones is 2. The fourth-order valence-electron chi connectivity index (χ4n) is 7.32. The lowest BCUT2D eigenvalue weighted by atomic mass is 9.81. The van der Waals surface area contributed by atoms with Crippen LogP contribution in [0.1, 0.15) is 44.3 Å². The van der Waals surface area contributed by atoms with Gasteiger partial charge in [0.05, 0.1) is 58.9 Å². The number of hydrogen-bond donors (Lipinski definition) is 9. The fraction of sp³-hybridized carbons (Fsp3) is 0.622. The van der Waals surface area contributed by atoms with E-state index in [0.29, 0.717) is 0 Å². The smallest absolute Gasteiger partial charge is 0.229 e. The molecule has 4 aliphatic rings. The Balaban J connectivity index is 1.23. The van der Waals surface area contributed by atoms with Crippen LogP contribution in [0.15, 0.2) is 12.1 Å². The van der Waals surface area contributed by atoms with Crippen LogP contribution in [0.5, 0.6) is 28.7 Å². The second-order valence-electron chi connectivity index (χ2n) is 14.2. The lowest BCUT2D eigenvalue weighted by molar-refractivity contribution is -0.337. The molecule has 1 aliphatic carbocycles. The quantitative estimate of drug-likeness (QED) is 0.0862. The van der Waals surface area contributed by atoms with Crippen molar-refractivity contribution < 1.29 is 103 Å². The minimum Gasteiger partial charge on any atom is -0.496 e. The molecule has 0 saturated carbocycles. The van der Waals surface area contributed by atoms with Gasteiger partial charge >= 0.3 is 0 Å². The van der Waals surface area contributed by atoms with Gasteiger partial charge in [-0.15, -0.1) is 0 Å². The maximum Gasteiger partial charge on any atom is 0.229 e. The minimum absolute atomic E-state index is 0.0345. The van der Waals surface area contributed by atoms with Crippen LogP contribution in [-0.2, 0) is 23.7 Å². The molecule has 0 bridgehead atoms. The molecule has 15 unspecified atom stereocenters. The van der Waals surface area contributed by atoms with Gasteiger partial charge in [-0.2, -0.15) is 0 Å². The molecule has 0 spiro atoms. The molecule has 3 heterocycles. The summed E-state index contributed by atoms with van der Waals surface area (Å²) in [6.45, 7) is 1.66. The van der Waals surface area contributed by atoms with E-state index in [9.17, 15) is 55.5 Å². The van der Waals surface area contributed by atoms with Crippen molar-refractivity contribution in [1.29, 1.82) is 0 Å². The van der Waals surface area contributed by atoms with E-state index in [1.807, 2.05) is 0 Å². The SMILES string of the molecule is COc1cc2c(c(OC3OC(COC4OC(COC5OC(C)C(O)C(O)C5O)C(O)C(O)C4O)C(O)C(O)C3O)c1C)C(=O)c1c(cc(OC)c(OC)c1OC)C2=O. The molecule has 6 rings (SSSR count). The number of rotatable bonds is 12. The molecule has 0 aromatic heterocycles. The molecule has 58 heavy (non-hydrogen) atoms. The van der Waals surface area contributed by atoms with Crippen LogP contribution in [0.25, 0.3) is 0 Å². The number of hydrogen-bond acceptors (Lipinski definition) is 21. The van der Waals surface area contributed by atoms with Gasteiger partial charge in [0.15, 0.2) is 29.9 Å². The predicted octanol–water partition coefficient (Wildman–Crippen LogP) is -3.34. The zero-order chi connectivity index (χ0) is 42.5. The van der Waals surface area contributed by atoms with E-state index in [1.54, 1.807) is 0 Å². The van der Waals surface area contributed by atoms with Crippen LogP contribution in [0.3, 0.4) is 0 Å². The molecule has 21 nitrogen and oxygen atoms in total. The molecule has 322 valence electrons. The van der Waals surface area contributed by atoms with Crippen molar-refractivity contribution in [2.24, 2.45) is 0 Å². The highest BCUT2D eigenvalue weighted by molar-refractivity contribution is 6.31. The van der Waals surface area contributed by atoms with Crippen LogP contribution < -0.4 is 23.7 Å². The molecule has 15 atom stereocenters. The van der Waals surface area contributed by atoms with Gasteiger partial charge in [0.1, 0.15) is 78.6 Å². The summed E-state index contributed by atoms with van der Waals surface area (Å²) < 4.78 is 55.9. The van der Waals surface area contributed by atoms with Gasteiger partial charge in [0.2, 0.25) is 17.8 Å². The van der Waals surface area contributed by atoms with Gasteiger partial charge in [-0.1, -0.05) is 0 Å². The Labute approximate surface area is 330 Å². The van der Waals surface area contributed by atoms with Gasteiger partial charge in [-0.05, 0) is 26.0 Å². The van der Waals surface area contributed by atoms with E-state index in [2.05, 4.69) is 0 Å². The van der Waals surface area contributed by atoms with Gasteiger partial charge in [-0.25, -0.2) is 0 Å². The van der Waals surface area contributed by atoms with Crippen molar-refractivity contribution in [3.05, 3.63) is 39.9 Å². The highest BCUT2D eigenvalue weighted by Gasteiger charge is 2.50. The number of ether oxygens (including phenoxy) is 10. The minimum atomic E-state index is -1.96. The molecule has 0 radical (unpaired) electrons. The topological polar surface area (TPSA) is 309 Å². The monoisotopic (exact) mass is 828 g/mol. The number of carbonyl (C=O) groups excluding carboxylic acids is 2. The number of aliphatic hydroxyl groups is 9. The third-order valence-electron chi connectivity index (χ3n) is 10.7. The van der Waals surface area contributed by atoms with E-state index in [1.165, 1.54) is 54.4 Å². The summed E-state index contributed by atoms with van der Waals surface area (Å²) in [5.74, 6) is -1.52.